The van der Waals surface area contributed by atoms with Gasteiger partial charge in [-0.05, 0) is 30.9 Å². The van der Waals surface area contributed by atoms with Gasteiger partial charge >= 0.3 is 0 Å². The van der Waals surface area contributed by atoms with Crippen molar-refractivity contribution in [2.45, 2.75) is 19.8 Å². The fourth-order valence-electron chi connectivity index (χ4n) is 1.54. The molecule has 0 aliphatic rings. The van der Waals surface area contributed by atoms with Gasteiger partial charge in [-0.25, -0.2) is 8.78 Å². The van der Waals surface area contributed by atoms with Crippen LogP contribution in [0.25, 0.3) is 0 Å². The topological polar surface area (TPSA) is 56.0 Å². The second kappa shape index (κ2) is 6.92. The lowest BCUT2D eigenvalue weighted by atomic mass is 10.1. The van der Waals surface area contributed by atoms with Gasteiger partial charge in [-0.3, -0.25) is 0 Å². The first-order valence-electron chi connectivity index (χ1n) is 5.83. The molecule has 3 nitrogen and oxygen atoms in total. The Morgan fingerprint density at radius 3 is 2.72 bits per heavy atom. The number of nitriles is 1. The Labute approximate surface area is 105 Å². The summed E-state index contributed by atoms with van der Waals surface area (Å²) in [6.07, 6.45) is 1.56. The predicted molar refractivity (Wildman–Crippen MR) is 65.0 cm³/mol. The number of aliphatic hydroxyl groups excluding tert-OH is 1. The second-order valence-corrected chi connectivity index (χ2v) is 4.26. The van der Waals surface area contributed by atoms with Crippen LogP contribution in [0.2, 0.25) is 0 Å². The van der Waals surface area contributed by atoms with Crippen molar-refractivity contribution in [1.82, 2.24) is 0 Å². The molecule has 0 spiro atoms. The van der Waals surface area contributed by atoms with E-state index in [1.807, 2.05) is 6.92 Å². The molecule has 0 heterocycles. The summed E-state index contributed by atoms with van der Waals surface area (Å²) < 4.78 is 26.8. The highest BCUT2D eigenvalue weighted by Crippen LogP contribution is 2.20. The van der Waals surface area contributed by atoms with Crippen LogP contribution in [-0.2, 0) is 0 Å². The molecule has 5 heteroatoms. The number of benzene rings is 1. The Balaban J connectivity index is 2.54. The molecular weight excluding hydrogens is 238 g/mol. The van der Waals surface area contributed by atoms with E-state index in [0.29, 0.717) is 6.54 Å². The van der Waals surface area contributed by atoms with Crippen molar-refractivity contribution in [1.29, 1.82) is 5.26 Å². The average Bonchev–Trinajstić information content (AvgIpc) is 2.39. The van der Waals surface area contributed by atoms with Crippen LogP contribution >= 0.6 is 0 Å². The molecule has 1 aromatic carbocycles. The average molecular weight is 254 g/mol. The van der Waals surface area contributed by atoms with Crippen molar-refractivity contribution in [3.8, 4) is 6.07 Å². The molecule has 1 rings (SSSR count). The number of rotatable bonds is 6. The highest BCUT2D eigenvalue weighted by atomic mass is 19.2. The minimum absolute atomic E-state index is 0.0585. The third-order valence-electron chi connectivity index (χ3n) is 2.70. The van der Waals surface area contributed by atoms with Crippen LogP contribution in [0, 0.1) is 28.9 Å². The molecule has 18 heavy (non-hydrogen) atoms. The molecule has 0 amide bonds. The first kappa shape index (κ1) is 14.4. The van der Waals surface area contributed by atoms with E-state index < -0.39 is 11.6 Å². The van der Waals surface area contributed by atoms with Crippen molar-refractivity contribution in [3.63, 3.8) is 0 Å². The standard InChI is InChI=1S/C13H16F2N2O/c1-9(8-18)3-2-6-17-11-5-4-10(7-16)12(14)13(11)15/h4-5,9,17-18H,2-3,6,8H2,1H3. The number of anilines is 1. The second-order valence-electron chi connectivity index (χ2n) is 4.26. The van der Waals surface area contributed by atoms with Gasteiger partial charge < -0.3 is 10.4 Å². The molecule has 98 valence electrons. The fourth-order valence-corrected chi connectivity index (χ4v) is 1.54. The number of halogens is 2. The van der Waals surface area contributed by atoms with Crippen molar-refractivity contribution < 1.29 is 13.9 Å². The maximum atomic E-state index is 13.5. The molecule has 0 aliphatic carbocycles. The predicted octanol–water partition coefficient (Wildman–Crippen LogP) is 2.66. The van der Waals surface area contributed by atoms with Crippen LogP contribution in [0.1, 0.15) is 25.3 Å². The van der Waals surface area contributed by atoms with E-state index >= 15 is 0 Å². The zero-order chi connectivity index (χ0) is 13.5. The molecule has 1 aromatic rings. The van der Waals surface area contributed by atoms with E-state index in [0.717, 1.165) is 12.8 Å². The summed E-state index contributed by atoms with van der Waals surface area (Å²) in [4.78, 5) is 0. The van der Waals surface area contributed by atoms with Crippen LogP contribution in [0.4, 0.5) is 14.5 Å². The van der Waals surface area contributed by atoms with Gasteiger partial charge in [-0.15, -0.1) is 0 Å². The molecule has 0 fully saturated rings. The molecule has 1 atom stereocenters. The third-order valence-corrected chi connectivity index (χ3v) is 2.70. The van der Waals surface area contributed by atoms with Crippen LogP contribution in [-0.4, -0.2) is 18.3 Å². The van der Waals surface area contributed by atoms with Gasteiger partial charge in [-0.2, -0.15) is 5.26 Å². The SMILES string of the molecule is CC(CO)CCCNc1ccc(C#N)c(F)c1F. The van der Waals surface area contributed by atoms with Crippen molar-refractivity contribution in [3.05, 3.63) is 29.3 Å². The first-order valence-corrected chi connectivity index (χ1v) is 5.83. The zero-order valence-corrected chi connectivity index (χ0v) is 10.2. The van der Waals surface area contributed by atoms with E-state index in [2.05, 4.69) is 5.32 Å². The molecule has 0 radical (unpaired) electrons. The summed E-state index contributed by atoms with van der Waals surface area (Å²) in [5, 5.41) is 20.1. The summed E-state index contributed by atoms with van der Waals surface area (Å²) in [6.45, 7) is 2.54. The zero-order valence-electron chi connectivity index (χ0n) is 10.2. The summed E-state index contributed by atoms with van der Waals surface area (Å²) in [5.74, 6) is -1.94. The van der Waals surface area contributed by atoms with Crippen molar-refractivity contribution >= 4 is 5.69 Å². The van der Waals surface area contributed by atoms with E-state index in [4.69, 9.17) is 10.4 Å². The Hall–Kier alpha value is -1.67. The number of aliphatic hydroxyl groups is 1. The highest BCUT2D eigenvalue weighted by Gasteiger charge is 2.12. The van der Waals surface area contributed by atoms with Gasteiger partial charge in [0.1, 0.15) is 6.07 Å². The van der Waals surface area contributed by atoms with Gasteiger partial charge in [-0.1, -0.05) is 6.92 Å². The van der Waals surface area contributed by atoms with Gasteiger partial charge in [0.05, 0.1) is 11.3 Å². The van der Waals surface area contributed by atoms with Gasteiger partial charge in [0.25, 0.3) is 0 Å². The normalized spacial score (nSPS) is 11.9. The number of nitrogens with zero attached hydrogens (tertiary/aromatic N) is 1. The van der Waals surface area contributed by atoms with E-state index in [9.17, 15) is 8.78 Å². The molecule has 0 saturated heterocycles. The lowest BCUT2D eigenvalue weighted by molar-refractivity contribution is 0.229. The van der Waals surface area contributed by atoms with E-state index in [1.165, 1.54) is 12.1 Å². The Bertz CT molecular complexity index is 443. The molecule has 0 saturated carbocycles. The minimum Gasteiger partial charge on any atom is -0.396 e. The molecule has 0 aliphatic heterocycles. The van der Waals surface area contributed by atoms with Gasteiger partial charge in [0.2, 0.25) is 0 Å². The molecule has 0 aromatic heterocycles. The van der Waals surface area contributed by atoms with Crippen molar-refractivity contribution in [2.75, 3.05) is 18.5 Å². The van der Waals surface area contributed by atoms with Crippen LogP contribution in [0.3, 0.4) is 0 Å². The van der Waals surface area contributed by atoms with E-state index in [1.54, 1.807) is 6.07 Å². The Kier molecular flexibility index (Phi) is 5.53. The fraction of sp³-hybridized carbons (Fsp3) is 0.462. The maximum absolute atomic E-state index is 13.5. The lowest BCUT2D eigenvalue weighted by Gasteiger charge is -2.10. The number of nitrogens with one attached hydrogen (secondary N) is 1. The van der Waals surface area contributed by atoms with Crippen molar-refractivity contribution in [2.24, 2.45) is 5.92 Å². The summed E-state index contributed by atoms with van der Waals surface area (Å²) >= 11 is 0. The smallest absolute Gasteiger partial charge is 0.183 e. The largest absolute Gasteiger partial charge is 0.396 e. The molecule has 1 unspecified atom stereocenters. The highest BCUT2D eigenvalue weighted by molar-refractivity contribution is 5.49. The van der Waals surface area contributed by atoms with Crippen LogP contribution < -0.4 is 5.32 Å². The van der Waals surface area contributed by atoms with Gasteiger partial charge in [0.15, 0.2) is 11.6 Å². The Morgan fingerprint density at radius 1 is 1.39 bits per heavy atom. The lowest BCUT2D eigenvalue weighted by Crippen LogP contribution is -2.08. The number of hydrogen-bond donors (Lipinski definition) is 2. The number of hydrogen-bond acceptors (Lipinski definition) is 3. The van der Waals surface area contributed by atoms with Crippen LogP contribution in [0.5, 0.6) is 0 Å². The Morgan fingerprint density at radius 2 is 2.11 bits per heavy atom. The quantitative estimate of drug-likeness (QED) is 0.767. The summed E-state index contributed by atoms with van der Waals surface area (Å²) in [7, 11) is 0. The molecule has 0 bridgehead atoms. The third kappa shape index (κ3) is 3.67. The summed E-state index contributed by atoms with van der Waals surface area (Å²) in [5.41, 5.74) is -0.241. The maximum Gasteiger partial charge on any atom is 0.183 e. The molecule has 2 N–H and O–H groups in total. The minimum atomic E-state index is -1.12. The molecular formula is C13H16F2N2O. The summed E-state index contributed by atoms with van der Waals surface area (Å²) in [6, 6.07) is 4.18. The van der Waals surface area contributed by atoms with E-state index in [-0.39, 0.29) is 23.8 Å². The van der Waals surface area contributed by atoms with Crippen LogP contribution in [0.15, 0.2) is 12.1 Å². The monoisotopic (exact) mass is 254 g/mol. The first-order chi connectivity index (χ1) is 8.60. The van der Waals surface area contributed by atoms with Gasteiger partial charge in [0, 0.05) is 13.2 Å².